The number of phenolic OH excluding ortho intramolecular Hbond substituents is 1. The fourth-order valence-corrected chi connectivity index (χ4v) is 7.61. The molecule has 1 N–H and O–H groups in total. The van der Waals surface area contributed by atoms with Crippen molar-refractivity contribution in [3.63, 3.8) is 0 Å². The van der Waals surface area contributed by atoms with Gasteiger partial charge in [0, 0.05) is 32.0 Å². The van der Waals surface area contributed by atoms with Crippen LogP contribution in [0.2, 0.25) is 0 Å². The fourth-order valence-electron chi connectivity index (χ4n) is 4.80. The van der Waals surface area contributed by atoms with E-state index in [0.717, 1.165) is 37.8 Å². The summed E-state index contributed by atoms with van der Waals surface area (Å²) in [6.45, 7) is 32.6. The number of esters is 1. The topological polar surface area (TPSA) is 55.8 Å². The second kappa shape index (κ2) is 12.9. The van der Waals surface area contributed by atoms with Crippen LogP contribution >= 0.6 is 23.5 Å². The van der Waals surface area contributed by atoms with E-state index >= 15 is 0 Å². The Hall–Kier alpha value is -2.05. The number of benzene rings is 2. The van der Waals surface area contributed by atoms with Gasteiger partial charge in [0.25, 0.3) is 0 Å². The van der Waals surface area contributed by atoms with Crippen molar-refractivity contribution in [1.29, 1.82) is 0 Å². The van der Waals surface area contributed by atoms with Gasteiger partial charge in [-0.25, -0.2) is 4.79 Å². The molecule has 0 fully saturated rings. The van der Waals surface area contributed by atoms with Crippen LogP contribution in [0.5, 0.6) is 11.5 Å². The van der Waals surface area contributed by atoms with E-state index in [1.54, 1.807) is 6.92 Å². The third kappa shape index (κ3) is 9.47. The molecule has 2 aromatic carbocycles. The minimum Gasteiger partial charge on any atom is -0.507 e. The van der Waals surface area contributed by atoms with Gasteiger partial charge < -0.3 is 14.6 Å². The molecule has 2 aromatic rings. The molecule has 4 nitrogen and oxygen atoms in total. The SMILES string of the molecule is CCOC(=O)/C=C/Oc1c(C(C)(C)C)ccc(SC(C)(C)Sc2cc(C(C)(C)C)c(O)c(C(C)(C)C)c2)c1C(C)(C)C. The van der Waals surface area contributed by atoms with Crippen LogP contribution < -0.4 is 4.74 Å². The van der Waals surface area contributed by atoms with E-state index in [4.69, 9.17) is 9.47 Å². The molecule has 0 spiro atoms. The van der Waals surface area contributed by atoms with E-state index in [-0.39, 0.29) is 25.7 Å². The zero-order chi connectivity index (χ0) is 32.5. The number of hydrogen-bond acceptors (Lipinski definition) is 6. The molecule has 2 rings (SSSR count). The van der Waals surface area contributed by atoms with E-state index in [2.05, 4.69) is 121 Å². The Labute approximate surface area is 264 Å². The second-order valence-corrected chi connectivity index (χ2v) is 19.1. The van der Waals surface area contributed by atoms with Gasteiger partial charge in [-0.2, -0.15) is 0 Å². The standard InChI is InChI=1S/C36H54O4S2/c1-16-39-28(37)19-20-40-31-24(32(2,3)4)17-18-27(29(31)35(11,12)13)42-36(14,15)41-23-21-25(33(5,6)7)30(38)26(22-23)34(8,9)10/h17-22,38H,16H2,1-15H3/b20-19+. The summed E-state index contributed by atoms with van der Waals surface area (Å²) in [5.41, 5.74) is 3.35. The minimum atomic E-state index is -0.423. The third-order valence-electron chi connectivity index (χ3n) is 6.77. The second-order valence-electron chi connectivity index (χ2n) is 15.5. The first-order valence-electron chi connectivity index (χ1n) is 14.8. The molecule has 0 amide bonds. The maximum absolute atomic E-state index is 12.0. The van der Waals surface area contributed by atoms with Crippen molar-refractivity contribution in [3.05, 3.63) is 58.9 Å². The van der Waals surface area contributed by atoms with Crippen molar-refractivity contribution in [2.45, 2.75) is 139 Å². The number of aromatic hydroxyl groups is 1. The van der Waals surface area contributed by atoms with Crippen LogP contribution in [-0.4, -0.2) is 21.8 Å². The Morgan fingerprint density at radius 2 is 1.26 bits per heavy atom. The highest BCUT2D eigenvalue weighted by atomic mass is 32.2. The number of carbonyl (C=O) groups excluding carboxylic acids is 1. The van der Waals surface area contributed by atoms with Gasteiger partial charge in [-0.1, -0.05) is 89.2 Å². The lowest BCUT2D eigenvalue weighted by molar-refractivity contribution is -0.137. The Morgan fingerprint density at radius 1 is 0.762 bits per heavy atom. The summed E-state index contributed by atoms with van der Waals surface area (Å²) in [4.78, 5) is 14.3. The summed E-state index contributed by atoms with van der Waals surface area (Å²) < 4.78 is 11.1. The predicted molar refractivity (Wildman–Crippen MR) is 182 cm³/mol. The minimum absolute atomic E-state index is 0.167. The van der Waals surface area contributed by atoms with Gasteiger partial charge in [0.2, 0.25) is 0 Å². The number of carbonyl (C=O) groups is 1. The first kappa shape index (κ1) is 36.1. The monoisotopic (exact) mass is 614 g/mol. The van der Waals surface area contributed by atoms with Crippen molar-refractivity contribution in [1.82, 2.24) is 0 Å². The number of phenols is 1. The van der Waals surface area contributed by atoms with Gasteiger partial charge in [-0.15, -0.1) is 23.5 Å². The van der Waals surface area contributed by atoms with Crippen LogP contribution in [0, 0.1) is 0 Å². The van der Waals surface area contributed by atoms with Crippen LogP contribution in [0.25, 0.3) is 0 Å². The zero-order valence-electron chi connectivity index (χ0n) is 28.7. The lowest BCUT2D eigenvalue weighted by atomic mass is 9.79. The highest BCUT2D eigenvalue weighted by Crippen LogP contribution is 2.52. The Bertz CT molecular complexity index is 1260. The number of ether oxygens (including phenoxy) is 2. The van der Waals surface area contributed by atoms with Gasteiger partial charge in [0.05, 0.1) is 23.0 Å². The average molecular weight is 615 g/mol. The molecule has 0 aliphatic heterocycles. The smallest absolute Gasteiger partial charge is 0.333 e. The first-order valence-corrected chi connectivity index (χ1v) is 16.5. The number of thioether (sulfide) groups is 2. The molecule has 6 heteroatoms. The van der Waals surface area contributed by atoms with E-state index in [9.17, 15) is 9.90 Å². The molecule has 234 valence electrons. The molecule has 0 atom stereocenters. The summed E-state index contributed by atoms with van der Waals surface area (Å²) >= 11 is 3.62. The van der Waals surface area contributed by atoms with Crippen LogP contribution in [-0.2, 0) is 31.2 Å². The maximum Gasteiger partial charge on any atom is 0.333 e. The van der Waals surface area contributed by atoms with Crippen LogP contribution in [0.3, 0.4) is 0 Å². The lowest BCUT2D eigenvalue weighted by Crippen LogP contribution is -2.21. The maximum atomic E-state index is 12.0. The molecule has 0 bridgehead atoms. The molecule has 0 aromatic heterocycles. The van der Waals surface area contributed by atoms with Crippen molar-refractivity contribution >= 4 is 29.5 Å². The number of hydrogen-bond donors (Lipinski definition) is 1. The zero-order valence-corrected chi connectivity index (χ0v) is 30.3. The van der Waals surface area contributed by atoms with Crippen molar-refractivity contribution in [2.24, 2.45) is 0 Å². The molecular weight excluding hydrogens is 561 g/mol. The quantitative estimate of drug-likeness (QED) is 0.105. The fraction of sp³-hybridized carbons (Fsp3) is 0.583. The molecule has 0 heterocycles. The summed E-state index contributed by atoms with van der Waals surface area (Å²) in [6.07, 6.45) is 2.79. The molecular formula is C36H54O4S2. The molecule has 0 unspecified atom stereocenters. The van der Waals surface area contributed by atoms with Crippen LogP contribution in [0.1, 0.15) is 126 Å². The van der Waals surface area contributed by atoms with E-state index in [0.29, 0.717) is 12.4 Å². The molecule has 42 heavy (non-hydrogen) atoms. The van der Waals surface area contributed by atoms with Gasteiger partial charge in [-0.3, -0.25) is 0 Å². The van der Waals surface area contributed by atoms with Gasteiger partial charge in [0.1, 0.15) is 11.5 Å². The largest absolute Gasteiger partial charge is 0.507 e. The molecule has 0 saturated carbocycles. The van der Waals surface area contributed by atoms with Gasteiger partial charge in [-0.05, 0) is 60.6 Å². The summed E-state index contributed by atoms with van der Waals surface area (Å²) in [5.74, 6) is 0.764. The Morgan fingerprint density at radius 3 is 1.69 bits per heavy atom. The van der Waals surface area contributed by atoms with E-state index < -0.39 is 5.97 Å². The highest BCUT2D eigenvalue weighted by Gasteiger charge is 2.33. The summed E-state index contributed by atoms with van der Waals surface area (Å²) in [6, 6.07) is 8.68. The normalized spacial score (nSPS) is 13.5. The molecule has 0 saturated heterocycles. The van der Waals surface area contributed by atoms with Gasteiger partial charge >= 0.3 is 5.97 Å². The third-order valence-corrected chi connectivity index (χ3v) is 9.29. The van der Waals surface area contributed by atoms with Crippen molar-refractivity contribution < 1.29 is 19.4 Å². The first-order chi connectivity index (χ1) is 18.9. The van der Waals surface area contributed by atoms with Crippen molar-refractivity contribution in [2.75, 3.05) is 6.61 Å². The Kier molecular flexibility index (Phi) is 11.1. The van der Waals surface area contributed by atoms with Gasteiger partial charge in [0.15, 0.2) is 0 Å². The molecule has 0 aliphatic rings. The van der Waals surface area contributed by atoms with E-state index in [1.807, 2.05) is 23.5 Å². The summed E-state index contributed by atoms with van der Waals surface area (Å²) in [5, 5.41) is 11.2. The lowest BCUT2D eigenvalue weighted by Gasteiger charge is -2.33. The van der Waals surface area contributed by atoms with Crippen LogP contribution in [0.15, 0.2) is 46.4 Å². The predicted octanol–water partition coefficient (Wildman–Crippen LogP) is 10.7. The average Bonchev–Trinajstić information content (AvgIpc) is 2.76. The van der Waals surface area contributed by atoms with E-state index in [1.165, 1.54) is 12.3 Å². The number of rotatable bonds is 8. The molecule has 0 aliphatic carbocycles. The van der Waals surface area contributed by atoms with Crippen molar-refractivity contribution in [3.8, 4) is 11.5 Å². The summed E-state index contributed by atoms with van der Waals surface area (Å²) in [7, 11) is 0. The van der Waals surface area contributed by atoms with Crippen LogP contribution in [0.4, 0.5) is 0 Å². The molecule has 0 radical (unpaired) electrons. The highest BCUT2D eigenvalue weighted by molar-refractivity contribution is 8.18. The Balaban J connectivity index is 2.66.